The van der Waals surface area contributed by atoms with E-state index in [-0.39, 0.29) is 16.9 Å². The molecule has 0 radical (unpaired) electrons. The van der Waals surface area contributed by atoms with Crippen LogP contribution in [0.5, 0.6) is 11.5 Å². The number of aromatic nitrogens is 1. The van der Waals surface area contributed by atoms with Crippen molar-refractivity contribution in [2.45, 2.75) is 12.5 Å². The Morgan fingerprint density at radius 2 is 1.97 bits per heavy atom. The summed E-state index contributed by atoms with van der Waals surface area (Å²) >= 11 is 0. The van der Waals surface area contributed by atoms with Gasteiger partial charge in [0.15, 0.2) is 0 Å². The number of methoxy groups -OCH3 is 3. The van der Waals surface area contributed by atoms with Gasteiger partial charge in [0.25, 0.3) is 11.7 Å². The van der Waals surface area contributed by atoms with E-state index >= 15 is 0 Å². The summed E-state index contributed by atoms with van der Waals surface area (Å²) in [7, 11) is 4.53. The van der Waals surface area contributed by atoms with E-state index in [2.05, 4.69) is 4.98 Å². The Kier molecular flexibility index (Phi) is 6.68. The first kappa shape index (κ1) is 21.3. The fourth-order valence-electron chi connectivity index (χ4n) is 3.52. The van der Waals surface area contributed by atoms with Crippen molar-refractivity contribution in [3.8, 4) is 11.5 Å². The van der Waals surface area contributed by atoms with Crippen LogP contribution in [0.15, 0.2) is 48.3 Å². The topological polar surface area (TPSA) is 98.2 Å². The SMILES string of the molecule is COCCCN1C(=O)C(=O)/C(=C(/O)c2cc(OC)ccc2OC)C1c1cccnc1. The molecule has 1 unspecified atom stereocenters. The van der Waals surface area contributed by atoms with Crippen molar-refractivity contribution >= 4 is 17.4 Å². The summed E-state index contributed by atoms with van der Waals surface area (Å²) in [4.78, 5) is 31.3. The maximum Gasteiger partial charge on any atom is 0.295 e. The third-order valence-corrected chi connectivity index (χ3v) is 4.95. The van der Waals surface area contributed by atoms with Crippen LogP contribution >= 0.6 is 0 Å². The van der Waals surface area contributed by atoms with Crippen molar-refractivity contribution in [3.63, 3.8) is 0 Å². The van der Waals surface area contributed by atoms with Gasteiger partial charge in [-0.2, -0.15) is 0 Å². The van der Waals surface area contributed by atoms with Crippen molar-refractivity contribution < 1.29 is 28.9 Å². The zero-order chi connectivity index (χ0) is 21.7. The number of hydrogen-bond acceptors (Lipinski definition) is 7. The van der Waals surface area contributed by atoms with Crippen LogP contribution in [0.2, 0.25) is 0 Å². The molecule has 1 N–H and O–H groups in total. The largest absolute Gasteiger partial charge is 0.507 e. The lowest BCUT2D eigenvalue weighted by Crippen LogP contribution is -2.31. The van der Waals surface area contributed by atoms with Gasteiger partial charge in [0, 0.05) is 32.7 Å². The highest BCUT2D eigenvalue weighted by molar-refractivity contribution is 6.46. The van der Waals surface area contributed by atoms with Crippen molar-refractivity contribution in [2.75, 3.05) is 34.5 Å². The molecule has 8 nitrogen and oxygen atoms in total. The summed E-state index contributed by atoms with van der Waals surface area (Å²) in [5, 5.41) is 11.2. The van der Waals surface area contributed by atoms with Gasteiger partial charge in [-0.25, -0.2) is 0 Å². The first-order valence-corrected chi connectivity index (χ1v) is 9.43. The molecule has 1 aliphatic rings. The number of carbonyl (C=O) groups is 2. The molecule has 1 atom stereocenters. The molecule has 1 saturated heterocycles. The van der Waals surface area contributed by atoms with Gasteiger partial charge in [0.05, 0.1) is 31.4 Å². The Morgan fingerprint density at radius 3 is 2.60 bits per heavy atom. The highest BCUT2D eigenvalue weighted by Gasteiger charge is 2.46. The zero-order valence-electron chi connectivity index (χ0n) is 17.1. The second kappa shape index (κ2) is 9.41. The number of aliphatic hydroxyl groups excluding tert-OH is 1. The molecule has 1 aromatic heterocycles. The van der Waals surface area contributed by atoms with E-state index in [1.54, 1.807) is 49.8 Å². The predicted molar refractivity (Wildman–Crippen MR) is 109 cm³/mol. The molecule has 2 heterocycles. The van der Waals surface area contributed by atoms with Gasteiger partial charge in [-0.1, -0.05) is 6.07 Å². The molecule has 1 amide bonds. The van der Waals surface area contributed by atoms with Crippen molar-refractivity contribution in [2.24, 2.45) is 0 Å². The summed E-state index contributed by atoms with van der Waals surface area (Å²) in [6.45, 7) is 0.733. The summed E-state index contributed by atoms with van der Waals surface area (Å²) < 4.78 is 15.7. The molecule has 2 aromatic rings. The van der Waals surface area contributed by atoms with Crippen molar-refractivity contribution in [1.29, 1.82) is 0 Å². The molecule has 158 valence electrons. The number of ether oxygens (including phenoxy) is 3. The van der Waals surface area contributed by atoms with Crippen molar-refractivity contribution in [1.82, 2.24) is 9.88 Å². The molecular weight excluding hydrogens is 388 g/mol. The van der Waals surface area contributed by atoms with Crippen LogP contribution in [0.3, 0.4) is 0 Å². The van der Waals surface area contributed by atoms with Gasteiger partial charge in [-0.05, 0) is 36.2 Å². The minimum absolute atomic E-state index is 0.0167. The van der Waals surface area contributed by atoms with Gasteiger partial charge in [-0.15, -0.1) is 0 Å². The van der Waals surface area contributed by atoms with E-state index < -0.39 is 17.7 Å². The molecule has 0 bridgehead atoms. The second-order valence-corrected chi connectivity index (χ2v) is 6.69. The van der Waals surface area contributed by atoms with Crippen LogP contribution in [-0.4, -0.2) is 61.2 Å². The quantitative estimate of drug-likeness (QED) is 0.308. The number of nitrogens with zero attached hydrogens (tertiary/aromatic N) is 2. The standard InChI is InChI=1S/C22H24N2O6/c1-28-11-5-10-24-19(14-6-4-9-23-13-14)18(21(26)22(24)27)20(25)16-12-15(29-2)7-8-17(16)30-3/h4,6-9,12-13,19,25H,5,10-11H2,1-3H3/b20-18+. The van der Waals surface area contributed by atoms with E-state index in [1.165, 1.54) is 19.1 Å². The molecule has 0 aliphatic carbocycles. The first-order chi connectivity index (χ1) is 14.5. The Morgan fingerprint density at radius 1 is 1.17 bits per heavy atom. The van der Waals surface area contributed by atoms with Crippen LogP contribution in [0.1, 0.15) is 23.6 Å². The number of Topliss-reactive ketones (excluding diaryl/α,β-unsaturated/α-hetero) is 1. The van der Waals surface area contributed by atoms with E-state index in [1.807, 2.05) is 0 Å². The maximum absolute atomic E-state index is 13.0. The molecule has 30 heavy (non-hydrogen) atoms. The van der Waals surface area contributed by atoms with Gasteiger partial charge < -0.3 is 24.2 Å². The molecule has 8 heteroatoms. The number of likely N-dealkylation sites (tertiary alicyclic amines) is 1. The Hall–Kier alpha value is -3.39. The third kappa shape index (κ3) is 3.99. The minimum atomic E-state index is -0.772. The molecule has 1 fully saturated rings. The lowest BCUT2D eigenvalue weighted by atomic mass is 9.96. The highest BCUT2D eigenvalue weighted by atomic mass is 16.5. The summed E-state index contributed by atoms with van der Waals surface area (Å²) in [6.07, 6.45) is 3.73. The number of rotatable bonds is 8. The number of aliphatic hydroxyl groups is 1. The van der Waals surface area contributed by atoms with E-state index in [4.69, 9.17) is 14.2 Å². The third-order valence-electron chi connectivity index (χ3n) is 4.95. The highest BCUT2D eigenvalue weighted by Crippen LogP contribution is 2.41. The zero-order valence-corrected chi connectivity index (χ0v) is 17.1. The first-order valence-electron chi connectivity index (χ1n) is 9.43. The molecule has 1 aromatic carbocycles. The number of hydrogen-bond donors (Lipinski definition) is 1. The average Bonchev–Trinajstić information content (AvgIpc) is 3.04. The molecular formula is C22H24N2O6. The molecule has 0 saturated carbocycles. The van der Waals surface area contributed by atoms with E-state index in [0.717, 1.165) is 0 Å². The van der Waals surface area contributed by atoms with Crippen LogP contribution in [0.25, 0.3) is 5.76 Å². The Labute approximate surface area is 174 Å². The van der Waals surface area contributed by atoms with Crippen LogP contribution in [-0.2, 0) is 14.3 Å². The van der Waals surface area contributed by atoms with Gasteiger partial charge >= 0.3 is 0 Å². The summed E-state index contributed by atoms with van der Waals surface area (Å²) in [6, 6.07) is 7.58. The fourth-order valence-corrected chi connectivity index (χ4v) is 3.52. The lowest BCUT2D eigenvalue weighted by molar-refractivity contribution is -0.140. The van der Waals surface area contributed by atoms with E-state index in [9.17, 15) is 14.7 Å². The normalized spacial score (nSPS) is 18.0. The van der Waals surface area contributed by atoms with Crippen LogP contribution < -0.4 is 9.47 Å². The molecule has 0 spiro atoms. The maximum atomic E-state index is 13.0. The number of ketones is 1. The van der Waals surface area contributed by atoms with Crippen molar-refractivity contribution in [3.05, 3.63) is 59.4 Å². The number of benzene rings is 1. The second-order valence-electron chi connectivity index (χ2n) is 6.69. The average molecular weight is 412 g/mol. The smallest absolute Gasteiger partial charge is 0.295 e. The summed E-state index contributed by atoms with van der Waals surface area (Å²) in [5.41, 5.74) is 0.870. The fraction of sp³-hybridized carbons (Fsp3) is 0.318. The lowest BCUT2D eigenvalue weighted by Gasteiger charge is -2.25. The number of carbonyl (C=O) groups excluding carboxylic acids is 2. The number of amides is 1. The van der Waals surface area contributed by atoms with Crippen LogP contribution in [0.4, 0.5) is 0 Å². The molecule has 1 aliphatic heterocycles. The Balaban J connectivity index is 2.17. The monoisotopic (exact) mass is 412 g/mol. The Bertz CT molecular complexity index is 957. The molecule has 3 rings (SSSR count). The predicted octanol–water partition coefficient (Wildman–Crippen LogP) is 2.56. The van der Waals surface area contributed by atoms with Gasteiger partial charge in [0.2, 0.25) is 0 Å². The van der Waals surface area contributed by atoms with E-state index in [0.29, 0.717) is 36.6 Å². The summed E-state index contributed by atoms with van der Waals surface area (Å²) in [5.74, 6) is -0.937. The van der Waals surface area contributed by atoms with Crippen LogP contribution in [0, 0.1) is 0 Å². The van der Waals surface area contributed by atoms with Gasteiger partial charge in [-0.3, -0.25) is 14.6 Å². The van der Waals surface area contributed by atoms with Gasteiger partial charge in [0.1, 0.15) is 17.3 Å². The number of pyridine rings is 1. The minimum Gasteiger partial charge on any atom is -0.507 e.